The van der Waals surface area contributed by atoms with Crippen molar-refractivity contribution in [3.05, 3.63) is 24.3 Å². The predicted octanol–water partition coefficient (Wildman–Crippen LogP) is 2.47. The highest BCUT2D eigenvalue weighted by Crippen LogP contribution is 2.26. The van der Waals surface area contributed by atoms with E-state index in [1.165, 1.54) is 36.4 Å². The van der Waals surface area contributed by atoms with Crippen LogP contribution >= 0.6 is 0 Å². The van der Waals surface area contributed by atoms with Crippen LogP contribution < -0.4 is 4.74 Å². The Labute approximate surface area is 156 Å². The van der Waals surface area contributed by atoms with Crippen molar-refractivity contribution in [2.45, 2.75) is 43.0 Å². The minimum atomic E-state index is -3.67. The van der Waals surface area contributed by atoms with Crippen LogP contribution in [0, 0.1) is 17.2 Å². The molecule has 1 saturated carbocycles. The summed E-state index contributed by atoms with van der Waals surface area (Å²) in [5.41, 5.74) is 0. The summed E-state index contributed by atoms with van der Waals surface area (Å²) in [4.78, 5) is 2.19. The Morgan fingerprint density at radius 2 is 1.85 bits per heavy atom. The third-order valence-corrected chi connectivity index (χ3v) is 7.25. The van der Waals surface area contributed by atoms with E-state index in [1.807, 2.05) is 11.9 Å². The molecule has 1 unspecified atom stereocenters. The summed E-state index contributed by atoms with van der Waals surface area (Å²) in [6.07, 6.45) is 6.29. The number of sulfonamides is 1. The second-order valence-electron chi connectivity index (χ2n) is 7.31. The van der Waals surface area contributed by atoms with Gasteiger partial charge in [-0.3, -0.25) is 0 Å². The predicted molar refractivity (Wildman–Crippen MR) is 99.3 cm³/mol. The second kappa shape index (κ2) is 8.38. The first-order chi connectivity index (χ1) is 12.5. The summed E-state index contributed by atoms with van der Waals surface area (Å²) in [6, 6.07) is 8.05. The van der Waals surface area contributed by atoms with Gasteiger partial charge in [0.05, 0.1) is 17.6 Å². The lowest BCUT2D eigenvalue weighted by molar-refractivity contribution is 0.189. The largest absolute Gasteiger partial charge is 0.493 e. The number of hydrogen-bond acceptors (Lipinski definition) is 5. The van der Waals surface area contributed by atoms with Crippen LogP contribution in [0.3, 0.4) is 0 Å². The van der Waals surface area contributed by atoms with E-state index in [0.717, 1.165) is 0 Å². The van der Waals surface area contributed by atoms with Gasteiger partial charge in [0, 0.05) is 19.6 Å². The maximum absolute atomic E-state index is 12.9. The van der Waals surface area contributed by atoms with Gasteiger partial charge in [-0.1, -0.05) is 19.3 Å². The number of rotatable bonds is 5. The average molecular weight is 378 g/mol. The molecule has 7 heteroatoms. The Morgan fingerprint density at radius 1 is 1.15 bits per heavy atom. The summed E-state index contributed by atoms with van der Waals surface area (Å²) in [5.74, 6) is 1.30. The highest BCUT2D eigenvalue weighted by Gasteiger charge is 2.35. The van der Waals surface area contributed by atoms with Gasteiger partial charge in [0.2, 0.25) is 10.0 Å². The molecule has 0 aromatic heterocycles. The standard InChI is InChI=1S/C19H27N3O3S/c1-21-11-12-22(17(13-20)14-21)26(23,24)19-9-7-18(8-10-19)25-15-16-5-3-2-4-6-16/h7-10,16-17H,2-6,11-12,14-15H2,1H3. The van der Waals surface area contributed by atoms with Gasteiger partial charge in [0.15, 0.2) is 0 Å². The molecule has 0 N–H and O–H groups in total. The summed E-state index contributed by atoms with van der Waals surface area (Å²) >= 11 is 0. The van der Waals surface area contributed by atoms with Crippen molar-refractivity contribution >= 4 is 10.0 Å². The van der Waals surface area contributed by atoms with Crippen molar-refractivity contribution < 1.29 is 13.2 Å². The Balaban J connectivity index is 1.65. The average Bonchev–Trinajstić information content (AvgIpc) is 2.67. The van der Waals surface area contributed by atoms with E-state index >= 15 is 0 Å². The highest BCUT2D eigenvalue weighted by molar-refractivity contribution is 7.89. The van der Waals surface area contributed by atoms with E-state index in [2.05, 4.69) is 6.07 Å². The third-order valence-electron chi connectivity index (χ3n) is 5.32. The maximum Gasteiger partial charge on any atom is 0.244 e. The highest BCUT2D eigenvalue weighted by atomic mass is 32.2. The molecular weight excluding hydrogens is 350 g/mol. The molecule has 2 fully saturated rings. The minimum Gasteiger partial charge on any atom is -0.493 e. The number of ether oxygens (including phenoxy) is 1. The van der Waals surface area contributed by atoms with E-state index in [0.29, 0.717) is 37.9 Å². The zero-order valence-electron chi connectivity index (χ0n) is 15.3. The van der Waals surface area contributed by atoms with Crippen LogP contribution in [0.4, 0.5) is 0 Å². The monoisotopic (exact) mass is 377 g/mol. The number of likely N-dealkylation sites (N-methyl/N-ethyl adjacent to an activating group) is 1. The number of nitrogens with zero attached hydrogens (tertiary/aromatic N) is 3. The summed E-state index contributed by atoms with van der Waals surface area (Å²) in [5, 5.41) is 9.32. The molecular formula is C19H27N3O3S. The SMILES string of the molecule is CN1CCN(S(=O)(=O)c2ccc(OCC3CCCCC3)cc2)C(C#N)C1. The number of piperazine rings is 1. The summed E-state index contributed by atoms with van der Waals surface area (Å²) < 4.78 is 32.9. The van der Waals surface area contributed by atoms with Crippen LogP contribution in [-0.2, 0) is 10.0 Å². The van der Waals surface area contributed by atoms with E-state index in [1.54, 1.807) is 24.3 Å². The normalized spacial score (nSPS) is 23.5. The summed E-state index contributed by atoms with van der Waals surface area (Å²) in [6.45, 7) is 2.08. The summed E-state index contributed by atoms with van der Waals surface area (Å²) in [7, 11) is -1.77. The lowest BCUT2D eigenvalue weighted by Gasteiger charge is -2.35. The van der Waals surface area contributed by atoms with Crippen molar-refractivity contribution in [2.24, 2.45) is 5.92 Å². The van der Waals surface area contributed by atoms with Crippen LogP contribution in [0.15, 0.2) is 29.2 Å². The van der Waals surface area contributed by atoms with Gasteiger partial charge in [-0.2, -0.15) is 9.57 Å². The van der Waals surface area contributed by atoms with Gasteiger partial charge in [0.1, 0.15) is 11.8 Å². The first kappa shape index (κ1) is 19.2. The lowest BCUT2D eigenvalue weighted by atomic mass is 9.90. The molecule has 1 heterocycles. The fourth-order valence-electron chi connectivity index (χ4n) is 3.71. The molecule has 0 radical (unpaired) electrons. The molecule has 1 aliphatic heterocycles. The molecule has 1 saturated heterocycles. The van der Waals surface area contributed by atoms with Crippen LogP contribution in [0.1, 0.15) is 32.1 Å². The van der Waals surface area contributed by atoms with Crippen molar-refractivity contribution in [2.75, 3.05) is 33.3 Å². The van der Waals surface area contributed by atoms with Gasteiger partial charge >= 0.3 is 0 Å². The van der Waals surface area contributed by atoms with Crippen LogP contribution in [0.25, 0.3) is 0 Å². The van der Waals surface area contributed by atoms with Crippen molar-refractivity contribution in [3.63, 3.8) is 0 Å². The molecule has 26 heavy (non-hydrogen) atoms. The number of nitriles is 1. The molecule has 0 spiro atoms. The quantitative estimate of drug-likeness (QED) is 0.788. The second-order valence-corrected chi connectivity index (χ2v) is 9.20. The van der Waals surface area contributed by atoms with Crippen LogP contribution in [0.2, 0.25) is 0 Å². The zero-order valence-corrected chi connectivity index (χ0v) is 16.1. The fourth-order valence-corrected chi connectivity index (χ4v) is 5.23. The smallest absolute Gasteiger partial charge is 0.244 e. The van der Waals surface area contributed by atoms with Gasteiger partial charge in [-0.25, -0.2) is 8.42 Å². The molecule has 0 bridgehead atoms. The molecule has 3 rings (SSSR count). The Bertz CT molecular complexity index is 736. The topological polar surface area (TPSA) is 73.6 Å². The third kappa shape index (κ3) is 4.37. The lowest BCUT2D eigenvalue weighted by Crippen LogP contribution is -2.53. The van der Waals surface area contributed by atoms with Crippen molar-refractivity contribution in [1.82, 2.24) is 9.21 Å². The molecule has 1 aliphatic carbocycles. The van der Waals surface area contributed by atoms with Crippen molar-refractivity contribution in [1.29, 1.82) is 5.26 Å². The van der Waals surface area contributed by atoms with E-state index in [4.69, 9.17) is 4.74 Å². The zero-order chi connectivity index (χ0) is 18.6. The Morgan fingerprint density at radius 3 is 2.50 bits per heavy atom. The first-order valence-corrected chi connectivity index (χ1v) is 10.8. The van der Waals surface area contributed by atoms with E-state index < -0.39 is 16.1 Å². The maximum atomic E-state index is 12.9. The first-order valence-electron chi connectivity index (χ1n) is 9.33. The Kier molecular flexibility index (Phi) is 6.17. The fraction of sp³-hybridized carbons (Fsp3) is 0.632. The molecule has 142 valence electrons. The molecule has 2 aliphatic rings. The Hall–Kier alpha value is -1.62. The van der Waals surface area contributed by atoms with E-state index in [-0.39, 0.29) is 4.90 Å². The van der Waals surface area contributed by atoms with Gasteiger partial charge in [-0.05, 0) is 50.1 Å². The molecule has 0 amide bonds. The molecule has 1 aromatic rings. The van der Waals surface area contributed by atoms with Gasteiger partial charge in [-0.15, -0.1) is 0 Å². The van der Waals surface area contributed by atoms with Crippen molar-refractivity contribution in [3.8, 4) is 11.8 Å². The number of benzene rings is 1. The van der Waals surface area contributed by atoms with Gasteiger partial charge < -0.3 is 9.64 Å². The van der Waals surface area contributed by atoms with Crippen LogP contribution in [0.5, 0.6) is 5.75 Å². The van der Waals surface area contributed by atoms with Crippen LogP contribution in [-0.4, -0.2) is 57.0 Å². The molecule has 6 nitrogen and oxygen atoms in total. The van der Waals surface area contributed by atoms with E-state index in [9.17, 15) is 13.7 Å². The van der Waals surface area contributed by atoms with Gasteiger partial charge in [0.25, 0.3) is 0 Å². The minimum absolute atomic E-state index is 0.215. The molecule has 1 aromatic carbocycles. The number of hydrogen-bond donors (Lipinski definition) is 0. The molecule has 1 atom stereocenters.